The first-order valence-corrected chi connectivity index (χ1v) is 10.6. The Morgan fingerprint density at radius 2 is 1.73 bits per heavy atom. The Balaban J connectivity index is 1.55. The molecule has 0 atom stereocenters. The summed E-state index contributed by atoms with van der Waals surface area (Å²) in [6.45, 7) is 2.23. The molecular formula is C22H27NO2S. The molecule has 0 unspecified atom stereocenters. The van der Waals surface area contributed by atoms with Crippen molar-refractivity contribution < 1.29 is 9.53 Å². The second-order valence-corrected chi connectivity index (χ2v) is 8.66. The van der Waals surface area contributed by atoms with Crippen LogP contribution >= 0.6 is 11.3 Å². The monoisotopic (exact) mass is 369 g/mol. The number of carbonyl (C=O) groups excluding carboxylic acids is 1. The van der Waals surface area contributed by atoms with E-state index in [1.165, 1.54) is 10.4 Å². The van der Waals surface area contributed by atoms with Crippen LogP contribution in [0, 0.1) is 0 Å². The van der Waals surface area contributed by atoms with Crippen molar-refractivity contribution in [3.05, 3.63) is 58.3 Å². The number of hydrogen-bond acceptors (Lipinski definition) is 3. The fourth-order valence-corrected chi connectivity index (χ4v) is 5.64. The van der Waals surface area contributed by atoms with Gasteiger partial charge >= 0.3 is 0 Å². The van der Waals surface area contributed by atoms with Gasteiger partial charge in [-0.25, -0.2) is 0 Å². The Labute approximate surface area is 159 Å². The van der Waals surface area contributed by atoms with Crippen LogP contribution in [0.15, 0.2) is 47.8 Å². The highest BCUT2D eigenvalue weighted by Crippen LogP contribution is 2.43. The maximum Gasteiger partial charge on any atom is 0.231 e. The molecule has 0 spiro atoms. The summed E-state index contributed by atoms with van der Waals surface area (Å²) >= 11 is 1.72. The van der Waals surface area contributed by atoms with Crippen molar-refractivity contribution in [2.24, 2.45) is 0 Å². The van der Waals surface area contributed by atoms with E-state index >= 15 is 0 Å². The molecule has 3 nitrogen and oxygen atoms in total. The Kier molecular flexibility index (Phi) is 5.14. The Hall–Kier alpha value is -1.65. The van der Waals surface area contributed by atoms with Gasteiger partial charge in [-0.3, -0.25) is 4.79 Å². The molecule has 4 rings (SSSR count). The lowest BCUT2D eigenvalue weighted by Gasteiger charge is -2.39. The van der Waals surface area contributed by atoms with Gasteiger partial charge in [0.2, 0.25) is 5.91 Å². The van der Waals surface area contributed by atoms with E-state index in [2.05, 4.69) is 53.2 Å². The molecule has 1 N–H and O–H groups in total. The molecule has 26 heavy (non-hydrogen) atoms. The van der Waals surface area contributed by atoms with Crippen molar-refractivity contribution in [1.29, 1.82) is 0 Å². The standard InChI is InChI=1S/C22H27NO2S/c24-20(22(10-4-5-11-22)19-9-6-16-26-19)23-17-21(12-14-25-15-13-21)18-7-2-1-3-8-18/h1-3,6-9,16H,4-5,10-15,17H2,(H,23,24). The molecule has 0 radical (unpaired) electrons. The van der Waals surface area contributed by atoms with Crippen LogP contribution in [0.25, 0.3) is 0 Å². The maximum absolute atomic E-state index is 13.3. The predicted molar refractivity (Wildman–Crippen MR) is 106 cm³/mol. The molecule has 138 valence electrons. The zero-order valence-corrected chi connectivity index (χ0v) is 16.0. The van der Waals surface area contributed by atoms with Gasteiger partial charge in [0, 0.05) is 30.1 Å². The molecular weight excluding hydrogens is 342 g/mol. The molecule has 2 fully saturated rings. The summed E-state index contributed by atoms with van der Waals surface area (Å²) in [5.41, 5.74) is 1.00. The highest BCUT2D eigenvalue weighted by atomic mass is 32.1. The summed E-state index contributed by atoms with van der Waals surface area (Å²) in [5.74, 6) is 0.222. The third-order valence-corrected chi connectivity index (χ3v) is 7.38. The molecule has 1 aliphatic heterocycles. The van der Waals surface area contributed by atoms with E-state index in [9.17, 15) is 4.79 Å². The first kappa shape index (κ1) is 17.7. The van der Waals surface area contributed by atoms with E-state index in [-0.39, 0.29) is 16.7 Å². The summed E-state index contributed by atoms with van der Waals surface area (Å²) in [7, 11) is 0. The van der Waals surface area contributed by atoms with Gasteiger partial charge in [0.05, 0.1) is 5.41 Å². The fraction of sp³-hybridized carbons (Fsp3) is 0.500. The normalized spacial score (nSPS) is 21.4. The van der Waals surface area contributed by atoms with Crippen molar-refractivity contribution >= 4 is 17.2 Å². The zero-order chi connectivity index (χ0) is 17.9. The maximum atomic E-state index is 13.3. The Bertz CT molecular complexity index is 714. The molecule has 1 amide bonds. The predicted octanol–water partition coefficient (Wildman–Crippen LogP) is 4.42. The average Bonchev–Trinajstić information content (AvgIpc) is 3.40. The van der Waals surface area contributed by atoms with E-state index in [0.717, 1.165) is 51.7 Å². The third-order valence-electron chi connectivity index (χ3n) is 6.31. The minimum absolute atomic E-state index is 0.00951. The van der Waals surface area contributed by atoms with Crippen LogP contribution < -0.4 is 5.32 Å². The SMILES string of the molecule is O=C(NCC1(c2ccccc2)CCOCC1)C1(c2cccs2)CCCC1. The number of rotatable bonds is 5. The Morgan fingerprint density at radius 1 is 1.00 bits per heavy atom. The second kappa shape index (κ2) is 7.53. The van der Waals surface area contributed by atoms with Gasteiger partial charge < -0.3 is 10.1 Å². The van der Waals surface area contributed by atoms with Gasteiger partial charge in [0.15, 0.2) is 0 Å². The lowest BCUT2D eigenvalue weighted by atomic mass is 9.73. The van der Waals surface area contributed by atoms with E-state index in [0.29, 0.717) is 6.54 Å². The molecule has 1 saturated carbocycles. The van der Waals surface area contributed by atoms with E-state index < -0.39 is 0 Å². The molecule has 1 aromatic carbocycles. The van der Waals surface area contributed by atoms with Crippen molar-refractivity contribution in [2.75, 3.05) is 19.8 Å². The quantitative estimate of drug-likeness (QED) is 0.847. The lowest BCUT2D eigenvalue weighted by Crippen LogP contribution is -2.49. The topological polar surface area (TPSA) is 38.3 Å². The molecule has 2 aliphatic rings. The number of hydrogen-bond donors (Lipinski definition) is 1. The van der Waals surface area contributed by atoms with Gasteiger partial charge in [-0.05, 0) is 42.7 Å². The minimum Gasteiger partial charge on any atom is -0.381 e. The highest BCUT2D eigenvalue weighted by molar-refractivity contribution is 7.10. The minimum atomic E-state index is -0.308. The highest BCUT2D eigenvalue weighted by Gasteiger charge is 2.44. The van der Waals surface area contributed by atoms with Crippen molar-refractivity contribution in [2.45, 2.75) is 49.4 Å². The molecule has 1 aromatic heterocycles. The van der Waals surface area contributed by atoms with E-state index in [1.807, 2.05) is 0 Å². The van der Waals surface area contributed by atoms with Crippen LogP contribution in [0.2, 0.25) is 0 Å². The van der Waals surface area contributed by atoms with Gasteiger partial charge in [0.25, 0.3) is 0 Å². The number of amides is 1. The van der Waals surface area contributed by atoms with Crippen molar-refractivity contribution in [1.82, 2.24) is 5.32 Å². The van der Waals surface area contributed by atoms with Crippen LogP contribution in [0.5, 0.6) is 0 Å². The van der Waals surface area contributed by atoms with Crippen LogP contribution in [-0.4, -0.2) is 25.7 Å². The molecule has 0 bridgehead atoms. The molecule has 1 aliphatic carbocycles. The van der Waals surface area contributed by atoms with Gasteiger partial charge in [-0.2, -0.15) is 0 Å². The summed E-state index contributed by atoms with van der Waals surface area (Å²) in [6.07, 6.45) is 6.15. The molecule has 1 saturated heterocycles. The second-order valence-electron chi connectivity index (χ2n) is 7.71. The fourth-order valence-electron chi connectivity index (χ4n) is 4.65. The molecule has 2 heterocycles. The van der Waals surface area contributed by atoms with E-state index in [1.54, 1.807) is 11.3 Å². The smallest absolute Gasteiger partial charge is 0.231 e. The largest absolute Gasteiger partial charge is 0.381 e. The number of benzene rings is 1. The Morgan fingerprint density at radius 3 is 2.38 bits per heavy atom. The summed E-state index contributed by atoms with van der Waals surface area (Å²) in [4.78, 5) is 14.6. The lowest BCUT2D eigenvalue weighted by molar-refractivity contribution is -0.127. The zero-order valence-electron chi connectivity index (χ0n) is 15.2. The summed E-state index contributed by atoms with van der Waals surface area (Å²) in [6, 6.07) is 14.8. The van der Waals surface area contributed by atoms with Crippen LogP contribution in [0.1, 0.15) is 49.0 Å². The summed E-state index contributed by atoms with van der Waals surface area (Å²) in [5, 5.41) is 5.46. The van der Waals surface area contributed by atoms with Gasteiger partial charge in [-0.1, -0.05) is 49.2 Å². The number of nitrogens with one attached hydrogen (secondary N) is 1. The number of carbonyl (C=O) groups is 1. The van der Waals surface area contributed by atoms with Gasteiger partial charge in [-0.15, -0.1) is 11.3 Å². The van der Waals surface area contributed by atoms with E-state index in [4.69, 9.17) is 4.74 Å². The molecule has 2 aromatic rings. The first-order valence-electron chi connectivity index (χ1n) is 9.71. The number of thiophene rings is 1. The van der Waals surface area contributed by atoms with Crippen LogP contribution in [0.3, 0.4) is 0 Å². The third kappa shape index (κ3) is 3.21. The number of ether oxygens (including phenoxy) is 1. The average molecular weight is 370 g/mol. The van der Waals surface area contributed by atoms with Crippen LogP contribution in [-0.2, 0) is 20.4 Å². The molecule has 4 heteroatoms. The summed E-state index contributed by atoms with van der Waals surface area (Å²) < 4.78 is 5.62. The first-order chi connectivity index (χ1) is 12.8. The van der Waals surface area contributed by atoms with Gasteiger partial charge in [0.1, 0.15) is 0 Å². The van der Waals surface area contributed by atoms with Crippen molar-refractivity contribution in [3.63, 3.8) is 0 Å². The van der Waals surface area contributed by atoms with Crippen molar-refractivity contribution in [3.8, 4) is 0 Å². The van der Waals surface area contributed by atoms with Crippen LogP contribution in [0.4, 0.5) is 0 Å².